The van der Waals surface area contributed by atoms with Gasteiger partial charge in [-0.1, -0.05) is 0 Å². The number of rotatable bonds is 2. The van der Waals surface area contributed by atoms with Gasteiger partial charge in [0.2, 0.25) is 6.79 Å². The molecular weight excluding hydrogens is 268 g/mol. The number of methoxy groups -OCH3 is 1. The molecule has 0 unspecified atom stereocenters. The van der Waals surface area contributed by atoms with Crippen molar-refractivity contribution >= 4 is 0 Å². The van der Waals surface area contributed by atoms with Crippen LogP contribution >= 0.6 is 0 Å². The highest BCUT2D eigenvalue weighted by Gasteiger charge is 2.21. The fourth-order valence-electron chi connectivity index (χ4n) is 2.45. The summed E-state index contributed by atoms with van der Waals surface area (Å²) in [5, 5.41) is 9.42. The number of pyridine rings is 1. The van der Waals surface area contributed by atoms with Crippen molar-refractivity contribution in [1.29, 1.82) is 5.26 Å². The molecule has 2 heterocycles. The predicted octanol–water partition coefficient (Wildman–Crippen LogP) is 2.97. The van der Waals surface area contributed by atoms with Gasteiger partial charge >= 0.3 is 0 Å². The molecule has 3 rings (SSSR count). The molecule has 0 bridgehead atoms. The van der Waals surface area contributed by atoms with Crippen LogP contribution in [0.1, 0.15) is 16.8 Å². The van der Waals surface area contributed by atoms with Crippen LogP contribution in [0.4, 0.5) is 0 Å². The van der Waals surface area contributed by atoms with Crippen LogP contribution in [0.25, 0.3) is 11.3 Å². The second-order valence-corrected chi connectivity index (χ2v) is 4.82. The Balaban J connectivity index is 2.28. The van der Waals surface area contributed by atoms with E-state index >= 15 is 0 Å². The number of aryl methyl sites for hydroxylation is 2. The minimum absolute atomic E-state index is 0.188. The first-order chi connectivity index (χ1) is 10.1. The Morgan fingerprint density at radius 2 is 1.90 bits per heavy atom. The molecule has 0 saturated carbocycles. The molecule has 0 fully saturated rings. The van der Waals surface area contributed by atoms with Crippen molar-refractivity contribution < 1.29 is 14.2 Å². The van der Waals surface area contributed by atoms with Crippen LogP contribution in [-0.2, 0) is 0 Å². The van der Waals surface area contributed by atoms with E-state index in [4.69, 9.17) is 14.2 Å². The molecule has 1 aromatic heterocycles. The van der Waals surface area contributed by atoms with E-state index in [0.717, 1.165) is 16.8 Å². The van der Waals surface area contributed by atoms with Gasteiger partial charge in [0.25, 0.3) is 0 Å². The molecule has 0 aliphatic carbocycles. The van der Waals surface area contributed by atoms with Gasteiger partial charge in [-0.3, -0.25) is 4.98 Å². The van der Waals surface area contributed by atoms with Crippen molar-refractivity contribution in [3.8, 4) is 34.6 Å². The van der Waals surface area contributed by atoms with Crippen molar-refractivity contribution in [2.24, 2.45) is 0 Å². The maximum absolute atomic E-state index is 9.42. The summed E-state index contributed by atoms with van der Waals surface area (Å²) in [6, 6.07) is 7.68. The summed E-state index contributed by atoms with van der Waals surface area (Å²) in [6.45, 7) is 3.99. The Bertz CT molecular complexity index is 763. The lowest BCUT2D eigenvalue weighted by Gasteiger charge is -2.12. The number of fused-ring (bicyclic) bond motifs is 1. The van der Waals surface area contributed by atoms with Crippen LogP contribution in [0.5, 0.6) is 17.2 Å². The molecule has 0 saturated heterocycles. The number of ether oxygens (including phenoxy) is 3. The summed E-state index contributed by atoms with van der Waals surface area (Å²) in [7, 11) is 1.58. The number of hydrogen-bond acceptors (Lipinski definition) is 5. The van der Waals surface area contributed by atoms with Gasteiger partial charge < -0.3 is 14.2 Å². The summed E-state index contributed by atoms with van der Waals surface area (Å²) in [5.74, 6) is 1.88. The first-order valence-electron chi connectivity index (χ1n) is 6.50. The zero-order valence-electron chi connectivity index (χ0n) is 12.1. The topological polar surface area (TPSA) is 64.4 Å². The summed E-state index contributed by atoms with van der Waals surface area (Å²) < 4.78 is 16.2. The molecule has 0 N–H and O–H groups in total. The number of benzene rings is 1. The highest BCUT2D eigenvalue weighted by atomic mass is 16.7. The van der Waals surface area contributed by atoms with Gasteiger partial charge in [0.1, 0.15) is 11.8 Å². The van der Waals surface area contributed by atoms with Crippen molar-refractivity contribution in [3.63, 3.8) is 0 Å². The van der Waals surface area contributed by atoms with Gasteiger partial charge in [0, 0.05) is 17.3 Å². The molecule has 5 heteroatoms. The maximum Gasteiger partial charge on any atom is 0.231 e. The van der Waals surface area contributed by atoms with E-state index in [1.54, 1.807) is 13.2 Å². The van der Waals surface area contributed by atoms with Crippen LogP contribution in [0, 0.1) is 25.2 Å². The van der Waals surface area contributed by atoms with Gasteiger partial charge in [-0.25, -0.2) is 0 Å². The first-order valence-corrected chi connectivity index (χ1v) is 6.50. The van der Waals surface area contributed by atoms with Crippen LogP contribution in [0.3, 0.4) is 0 Å². The zero-order valence-corrected chi connectivity index (χ0v) is 12.1. The zero-order chi connectivity index (χ0) is 15.0. The fourth-order valence-corrected chi connectivity index (χ4v) is 2.45. The lowest BCUT2D eigenvalue weighted by Crippen LogP contribution is -1.98. The predicted molar refractivity (Wildman–Crippen MR) is 76.5 cm³/mol. The van der Waals surface area contributed by atoms with Crippen LogP contribution < -0.4 is 14.2 Å². The number of hydrogen-bond donors (Lipinski definition) is 0. The Hall–Kier alpha value is -2.74. The molecule has 2 aromatic rings. The van der Waals surface area contributed by atoms with Crippen LogP contribution in [-0.4, -0.2) is 18.9 Å². The third kappa shape index (κ3) is 2.15. The first kappa shape index (κ1) is 13.3. The molecule has 106 valence electrons. The number of nitrogens with zero attached hydrogens (tertiary/aromatic N) is 2. The van der Waals surface area contributed by atoms with E-state index in [9.17, 15) is 5.26 Å². The Labute approximate surface area is 122 Å². The third-order valence-corrected chi connectivity index (χ3v) is 3.41. The Morgan fingerprint density at radius 3 is 2.57 bits per heavy atom. The molecule has 0 atom stereocenters. The molecule has 0 radical (unpaired) electrons. The lowest BCUT2D eigenvalue weighted by atomic mass is 10.0. The second kappa shape index (κ2) is 4.98. The summed E-state index contributed by atoms with van der Waals surface area (Å²) in [5.41, 5.74) is 3.61. The van der Waals surface area contributed by atoms with Gasteiger partial charge in [-0.15, -0.1) is 0 Å². The fraction of sp³-hybridized carbons (Fsp3) is 0.250. The summed E-state index contributed by atoms with van der Waals surface area (Å²) in [4.78, 5) is 4.51. The smallest absolute Gasteiger partial charge is 0.231 e. The number of aromatic nitrogens is 1. The monoisotopic (exact) mass is 282 g/mol. The Kier molecular flexibility index (Phi) is 3.15. The van der Waals surface area contributed by atoms with E-state index in [1.165, 1.54) is 0 Å². The molecule has 0 amide bonds. The van der Waals surface area contributed by atoms with Crippen molar-refractivity contribution in [2.45, 2.75) is 13.8 Å². The quantitative estimate of drug-likeness (QED) is 0.847. The van der Waals surface area contributed by atoms with E-state index in [1.807, 2.05) is 26.0 Å². The standard InChI is InChI=1S/C16H14N2O3/c1-9-4-10(2)18-16(12(9)7-17)11-5-14-15(21-8-20-14)6-13(11)19-3/h4-6H,8H2,1-3H3. The van der Waals surface area contributed by atoms with Gasteiger partial charge in [0.05, 0.1) is 18.4 Å². The van der Waals surface area contributed by atoms with Gasteiger partial charge in [0.15, 0.2) is 11.5 Å². The van der Waals surface area contributed by atoms with E-state index in [0.29, 0.717) is 28.5 Å². The minimum Gasteiger partial charge on any atom is -0.496 e. The normalized spacial score (nSPS) is 12.1. The molecule has 1 aromatic carbocycles. The summed E-state index contributed by atoms with van der Waals surface area (Å²) >= 11 is 0. The van der Waals surface area contributed by atoms with Crippen molar-refractivity contribution in [3.05, 3.63) is 35.0 Å². The van der Waals surface area contributed by atoms with Crippen LogP contribution in [0.2, 0.25) is 0 Å². The maximum atomic E-state index is 9.42. The highest BCUT2D eigenvalue weighted by molar-refractivity contribution is 5.77. The molecule has 21 heavy (non-hydrogen) atoms. The van der Waals surface area contributed by atoms with Crippen LogP contribution in [0.15, 0.2) is 18.2 Å². The van der Waals surface area contributed by atoms with Crippen molar-refractivity contribution in [1.82, 2.24) is 4.98 Å². The van der Waals surface area contributed by atoms with E-state index in [2.05, 4.69) is 11.1 Å². The minimum atomic E-state index is 0.188. The third-order valence-electron chi connectivity index (χ3n) is 3.41. The SMILES string of the molecule is COc1cc2c(cc1-c1nc(C)cc(C)c1C#N)OCO2. The lowest BCUT2D eigenvalue weighted by molar-refractivity contribution is 0.174. The second-order valence-electron chi connectivity index (χ2n) is 4.82. The highest BCUT2D eigenvalue weighted by Crippen LogP contribution is 2.43. The molecule has 5 nitrogen and oxygen atoms in total. The molecule has 0 spiro atoms. The average molecular weight is 282 g/mol. The van der Waals surface area contributed by atoms with E-state index in [-0.39, 0.29) is 6.79 Å². The van der Waals surface area contributed by atoms with Crippen molar-refractivity contribution in [2.75, 3.05) is 13.9 Å². The largest absolute Gasteiger partial charge is 0.496 e. The number of nitriles is 1. The Morgan fingerprint density at radius 1 is 1.19 bits per heavy atom. The van der Waals surface area contributed by atoms with Gasteiger partial charge in [-0.2, -0.15) is 5.26 Å². The molecule has 1 aliphatic rings. The summed E-state index contributed by atoms with van der Waals surface area (Å²) in [6.07, 6.45) is 0. The average Bonchev–Trinajstić information content (AvgIpc) is 2.92. The molecular formula is C16H14N2O3. The molecule has 1 aliphatic heterocycles. The van der Waals surface area contributed by atoms with E-state index < -0.39 is 0 Å². The van der Waals surface area contributed by atoms with Gasteiger partial charge in [-0.05, 0) is 31.5 Å².